The van der Waals surface area contributed by atoms with Crippen molar-refractivity contribution in [1.82, 2.24) is 0 Å². The fraction of sp³-hybridized carbons (Fsp3) is 0.800. The standard InChI is InChI=1S/C30H52O4/c1-3-5-7-9-11-13-15-17-19-23-27-33-29(31)25-21-22-26-30(32)34-28-24-20-18-16-14-12-10-8-6-4-2/h21,25H,3-20,23-24,27-28H2,1-2H3/b25-21+. The molecule has 4 heteroatoms. The van der Waals surface area contributed by atoms with Gasteiger partial charge in [0.25, 0.3) is 0 Å². The Labute approximate surface area is 210 Å². The summed E-state index contributed by atoms with van der Waals surface area (Å²) in [5.41, 5.74) is 0. The van der Waals surface area contributed by atoms with Crippen LogP contribution in [0.3, 0.4) is 0 Å². The van der Waals surface area contributed by atoms with Gasteiger partial charge in [-0.15, -0.1) is 0 Å². The number of allylic oxidation sites excluding steroid dienone is 1. The van der Waals surface area contributed by atoms with E-state index < -0.39 is 11.9 Å². The number of esters is 2. The van der Waals surface area contributed by atoms with E-state index in [1.807, 2.05) is 0 Å². The number of hydrogen-bond acceptors (Lipinski definition) is 4. The fourth-order valence-electron chi connectivity index (χ4n) is 3.81. The zero-order valence-corrected chi connectivity index (χ0v) is 22.3. The quantitative estimate of drug-likeness (QED) is 0.0488. The summed E-state index contributed by atoms with van der Waals surface area (Å²) in [6.07, 6.45) is 27.5. The second-order valence-corrected chi connectivity index (χ2v) is 9.27. The molecule has 0 rings (SSSR count). The first-order chi connectivity index (χ1) is 16.7. The van der Waals surface area contributed by atoms with Crippen LogP contribution < -0.4 is 0 Å². The van der Waals surface area contributed by atoms with Crippen molar-refractivity contribution in [3.8, 4) is 11.8 Å². The molecule has 0 heterocycles. The van der Waals surface area contributed by atoms with Gasteiger partial charge in [0.1, 0.15) is 0 Å². The van der Waals surface area contributed by atoms with Gasteiger partial charge in [-0.3, -0.25) is 0 Å². The summed E-state index contributed by atoms with van der Waals surface area (Å²) in [6, 6.07) is 0. The van der Waals surface area contributed by atoms with E-state index in [4.69, 9.17) is 9.47 Å². The third-order valence-corrected chi connectivity index (χ3v) is 5.95. The maximum atomic E-state index is 11.6. The molecule has 4 nitrogen and oxygen atoms in total. The summed E-state index contributed by atoms with van der Waals surface area (Å²) in [7, 11) is 0. The molecular weight excluding hydrogens is 424 g/mol. The third-order valence-electron chi connectivity index (χ3n) is 5.95. The van der Waals surface area contributed by atoms with Crippen molar-refractivity contribution in [2.24, 2.45) is 0 Å². The van der Waals surface area contributed by atoms with E-state index in [1.54, 1.807) is 0 Å². The molecule has 0 radical (unpaired) electrons. The Balaban J connectivity index is 3.50. The molecule has 0 aliphatic carbocycles. The number of carbonyl (C=O) groups is 2. The van der Waals surface area contributed by atoms with Gasteiger partial charge in [-0.25, -0.2) is 9.59 Å². The van der Waals surface area contributed by atoms with Crippen molar-refractivity contribution < 1.29 is 19.1 Å². The highest BCUT2D eigenvalue weighted by Crippen LogP contribution is 2.11. The van der Waals surface area contributed by atoms with Crippen LogP contribution >= 0.6 is 0 Å². The molecule has 0 aliphatic rings. The van der Waals surface area contributed by atoms with E-state index in [1.165, 1.54) is 115 Å². The maximum absolute atomic E-state index is 11.6. The molecule has 0 spiro atoms. The van der Waals surface area contributed by atoms with Crippen molar-refractivity contribution in [2.75, 3.05) is 13.2 Å². The number of carbonyl (C=O) groups excluding carboxylic acids is 2. The van der Waals surface area contributed by atoms with Gasteiger partial charge in [0, 0.05) is 12.0 Å². The van der Waals surface area contributed by atoms with Gasteiger partial charge in [0.2, 0.25) is 0 Å². The van der Waals surface area contributed by atoms with Crippen LogP contribution in [0.15, 0.2) is 12.2 Å². The molecule has 0 unspecified atom stereocenters. The summed E-state index contributed by atoms with van der Waals surface area (Å²) in [5, 5.41) is 0. The second-order valence-electron chi connectivity index (χ2n) is 9.27. The van der Waals surface area contributed by atoms with Crippen molar-refractivity contribution in [3.05, 3.63) is 12.2 Å². The molecule has 0 aromatic rings. The Morgan fingerprint density at radius 2 is 0.941 bits per heavy atom. The van der Waals surface area contributed by atoms with Crippen LogP contribution in [-0.4, -0.2) is 25.2 Å². The van der Waals surface area contributed by atoms with Gasteiger partial charge in [-0.1, -0.05) is 135 Å². The highest BCUT2D eigenvalue weighted by Gasteiger charge is 1.99. The average molecular weight is 477 g/mol. The lowest BCUT2D eigenvalue weighted by Crippen LogP contribution is -2.03. The molecule has 0 amide bonds. The minimum absolute atomic E-state index is 0.411. The lowest BCUT2D eigenvalue weighted by Gasteiger charge is -2.03. The SMILES string of the molecule is CCCCCCCCCCCCOC(=O)C#C/C=C/C(=O)OCCCCCCCCCCCC. The van der Waals surface area contributed by atoms with E-state index >= 15 is 0 Å². The zero-order chi connectivity index (χ0) is 25.0. The van der Waals surface area contributed by atoms with E-state index in [0.29, 0.717) is 13.2 Å². The summed E-state index contributed by atoms with van der Waals surface area (Å²) in [5.74, 6) is 3.97. The van der Waals surface area contributed by atoms with E-state index in [9.17, 15) is 9.59 Å². The first-order valence-corrected chi connectivity index (χ1v) is 14.2. The fourth-order valence-corrected chi connectivity index (χ4v) is 3.81. The Morgan fingerprint density at radius 1 is 0.559 bits per heavy atom. The van der Waals surface area contributed by atoms with Gasteiger partial charge in [-0.2, -0.15) is 0 Å². The van der Waals surface area contributed by atoms with Crippen molar-refractivity contribution in [3.63, 3.8) is 0 Å². The monoisotopic (exact) mass is 476 g/mol. The summed E-state index contributed by atoms with van der Waals surface area (Å²) in [4.78, 5) is 23.2. The second kappa shape index (κ2) is 27.5. The Bertz CT molecular complexity index is 556. The molecule has 0 atom stereocenters. The maximum Gasteiger partial charge on any atom is 0.384 e. The zero-order valence-electron chi connectivity index (χ0n) is 22.3. The van der Waals surface area contributed by atoms with Gasteiger partial charge in [0.05, 0.1) is 13.2 Å². The van der Waals surface area contributed by atoms with Crippen LogP contribution in [0.1, 0.15) is 142 Å². The van der Waals surface area contributed by atoms with Crippen LogP contribution in [0.4, 0.5) is 0 Å². The third kappa shape index (κ3) is 26.5. The lowest BCUT2D eigenvalue weighted by atomic mass is 10.1. The minimum atomic E-state index is -0.542. The smallest absolute Gasteiger partial charge is 0.384 e. The molecule has 0 saturated heterocycles. The molecule has 0 saturated carbocycles. The molecular formula is C30H52O4. The highest BCUT2D eigenvalue weighted by molar-refractivity contribution is 5.89. The molecule has 0 fully saturated rings. The van der Waals surface area contributed by atoms with Crippen LogP contribution in [0.5, 0.6) is 0 Å². The van der Waals surface area contributed by atoms with Crippen LogP contribution in [0.25, 0.3) is 0 Å². The molecule has 196 valence electrons. The molecule has 0 bridgehead atoms. The topological polar surface area (TPSA) is 52.6 Å². The largest absolute Gasteiger partial charge is 0.463 e. The number of hydrogen-bond donors (Lipinski definition) is 0. The van der Waals surface area contributed by atoms with Crippen LogP contribution in [0, 0.1) is 11.8 Å². The lowest BCUT2D eigenvalue weighted by molar-refractivity contribution is -0.138. The van der Waals surface area contributed by atoms with Gasteiger partial charge < -0.3 is 9.47 Å². The predicted octanol–water partition coefficient (Wildman–Crippen LogP) is 8.47. The number of unbranched alkanes of at least 4 members (excludes halogenated alkanes) is 18. The van der Waals surface area contributed by atoms with Gasteiger partial charge in [-0.05, 0) is 18.9 Å². The number of rotatable bonds is 23. The highest BCUT2D eigenvalue weighted by atomic mass is 16.5. The molecule has 0 N–H and O–H groups in total. The van der Waals surface area contributed by atoms with E-state index in [0.717, 1.165) is 25.7 Å². The van der Waals surface area contributed by atoms with E-state index in [-0.39, 0.29) is 0 Å². The Morgan fingerprint density at radius 3 is 1.38 bits per heavy atom. The number of ether oxygens (including phenoxy) is 2. The predicted molar refractivity (Wildman–Crippen MR) is 143 cm³/mol. The van der Waals surface area contributed by atoms with Crippen molar-refractivity contribution in [2.45, 2.75) is 142 Å². The molecule has 0 aromatic heterocycles. The summed E-state index contributed by atoms with van der Waals surface area (Å²) < 4.78 is 10.3. The van der Waals surface area contributed by atoms with E-state index in [2.05, 4.69) is 25.7 Å². The molecule has 0 aliphatic heterocycles. The average Bonchev–Trinajstić information content (AvgIpc) is 2.83. The summed E-state index contributed by atoms with van der Waals surface area (Å²) >= 11 is 0. The van der Waals surface area contributed by atoms with Crippen LogP contribution in [-0.2, 0) is 19.1 Å². The van der Waals surface area contributed by atoms with Crippen molar-refractivity contribution in [1.29, 1.82) is 0 Å². The van der Waals surface area contributed by atoms with Gasteiger partial charge >= 0.3 is 11.9 Å². The normalized spacial score (nSPS) is 10.8. The molecule has 34 heavy (non-hydrogen) atoms. The molecule has 0 aromatic carbocycles. The Hall–Kier alpha value is -1.76. The van der Waals surface area contributed by atoms with Crippen molar-refractivity contribution >= 4 is 11.9 Å². The summed E-state index contributed by atoms with van der Waals surface area (Å²) in [6.45, 7) is 5.33. The first kappa shape index (κ1) is 32.2. The van der Waals surface area contributed by atoms with Crippen LogP contribution in [0.2, 0.25) is 0 Å². The minimum Gasteiger partial charge on any atom is -0.463 e. The Kier molecular flexibility index (Phi) is 26.1. The van der Waals surface area contributed by atoms with Gasteiger partial charge in [0.15, 0.2) is 0 Å². The first-order valence-electron chi connectivity index (χ1n) is 14.2.